The molecule has 0 atom stereocenters. The molecule has 1 rings (SSSR count). The first-order valence-electron chi connectivity index (χ1n) is 3.59. The van der Waals surface area contributed by atoms with E-state index in [2.05, 4.69) is 10.1 Å². The fraction of sp³-hybridized carbons (Fsp3) is 0.375. The van der Waals surface area contributed by atoms with Crippen molar-refractivity contribution in [3.8, 4) is 0 Å². The van der Waals surface area contributed by atoms with Crippen LogP contribution in [0.2, 0.25) is 0 Å². The Bertz CT molecular complexity index is 267. The summed E-state index contributed by atoms with van der Waals surface area (Å²) in [6, 6.07) is 3.65. The zero-order chi connectivity index (χ0) is 8.97. The van der Waals surface area contributed by atoms with Gasteiger partial charge in [-0.3, -0.25) is 0 Å². The molecule has 0 aliphatic rings. The molecule has 66 valence electrons. The van der Waals surface area contributed by atoms with Crippen molar-refractivity contribution in [3.05, 3.63) is 23.7 Å². The number of ether oxygens (including phenoxy) is 1. The molecule has 0 aliphatic heterocycles. The average Bonchev–Trinajstić information content (AvgIpc) is 2.47. The molecule has 0 fully saturated rings. The van der Waals surface area contributed by atoms with Gasteiger partial charge < -0.3 is 14.5 Å². The van der Waals surface area contributed by atoms with Crippen LogP contribution in [0.4, 0.5) is 4.79 Å². The van der Waals surface area contributed by atoms with Crippen LogP contribution in [0, 0.1) is 6.92 Å². The van der Waals surface area contributed by atoms with Crippen LogP contribution in [0.15, 0.2) is 16.5 Å². The molecule has 4 nitrogen and oxygen atoms in total. The molecule has 1 aromatic rings. The van der Waals surface area contributed by atoms with E-state index in [-0.39, 0.29) is 0 Å². The van der Waals surface area contributed by atoms with Gasteiger partial charge in [-0.1, -0.05) is 0 Å². The second-order valence-electron chi connectivity index (χ2n) is 2.36. The molecule has 12 heavy (non-hydrogen) atoms. The van der Waals surface area contributed by atoms with Crippen LogP contribution in [-0.2, 0) is 11.3 Å². The number of furan rings is 1. The van der Waals surface area contributed by atoms with Crippen LogP contribution in [0.25, 0.3) is 0 Å². The summed E-state index contributed by atoms with van der Waals surface area (Å²) < 4.78 is 9.60. The van der Waals surface area contributed by atoms with E-state index in [0.717, 1.165) is 11.5 Å². The SMILES string of the molecule is COC(=O)NCc1ccc(C)o1. The minimum Gasteiger partial charge on any atom is -0.465 e. The third-order valence-corrected chi connectivity index (χ3v) is 1.39. The van der Waals surface area contributed by atoms with Gasteiger partial charge in [-0.15, -0.1) is 0 Å². The molecule has 0 radical (unpaired) electrons. The molecule has 0 bridgehead atoms. The highest BCUT2D eigenvalue weighted by Gasteiger charge is 2.01. The predicted octanol–water partition coefficient (Wildman–Crippen LogP) is 1.44. The Hall–Kier alpha value is -1.45. The number of rotatable bonds is 2. The lowest BCUT2D eigenvalue weighted by Gasteiger charge is -1.99. The first-order chi connectivity index (χ1) is 5.72. The van der Waals surface area contributed by atoms with Gasteiger partial charge in [-0.05, 0) is 19.1 Å². The maximum atomic E-state index is 10.6. The van der Waals surface area contributed by atoms with Gasteiger partial charge >= 0.3 is 6.09 Å². The Balaban J connectivity index is 2.38. The quantitative estimate of drug-likeness (QED) is 0.728. The molecular weight excluding hydrogens is 158 g/mol. The summed E-state index contributed by atoms with van der Waals surface area (Å²) in [5.74, 6) is 1.55. The maximum Gasteiger partial charge on any atom is 0.407 e. The Morgan fingerprint density at radius 2 is 2.42 bits per heavy atom. The molecule has 1 N–H and O–H groups in total. The smallest absolute Gasteiger partial charge is 0.407 e. The van der Waals surface area contributed by atoms with Crippen LogP contribution in [0.3, 0.4) is 0 Å². The van der Waals surface area contributed by atoms with Gasteiger partial charge in [-0.25, -0.2) is 4.79 Å². The maximum absolute atomic E-state index is 10.6. The van der Waals surface area contributed by atoms with E-state index < -0.39 is 6.09 Å². The standard InChI is InChI=1S/C8H11NO3/c1-6-3-4-7(12-6)5-9-8(10)11-2/h3-4H,5H2,1-2H3,(H,9,10). The molecule has 0 saturated carbocycles. The van der Waals surface area contributed by atoms with Gasteiger partial charge in [0.15, 0.2) is 0 Å². The van der Waals surface area contributed by atoms with Gasteiger partial charge in [0.1, 0.15) is 11.5 Å². The van der Waals surface area contributed by atoms with Crippen molar-refractivity contribution in [2.75, 3.05) is 7.11 Å². The van der Waals surface area contributed by atoms with Crippen molar-refractivity contribution in [1.29, 1.82) is 0 Å². The van der Waals surface area contributed by atoms with Crippen molar-refractivity contribution >= 4 is 6.09 Å². The molecule has 0 spiro atoms. The highest BCUT2D eigenvalue weighted by molar-refractivity contribution is 5.66. The number of nitrogens with one attached hydrogen (secondary N) is 1. The van der Waals surface area contributed by atoms with Crippen LogP contribution in [-0.4, -0.2) is 13.2 Å². The van der Waals surface area contributed by atoms with E-state index in [4.69, 9.17) is 4.42 Å². The second-order valence-corrected chi connectivity index (χ2v) is 2.36. The zero-order valence-corrected chi connectivity index (χ0v) is 7.09. The van der Waals surface area contributed by atoms with Gasteiger partial charge in [-0.2, -0.15) is 0 Å². The monoisotopic (exact) mass is 169 g/mol. The van der Waals surface area contributed by atoms with Gasteiger partial charge in [0, 0.05) is 0 Å². The Morgan fingerprint density at radius 1 is 1.67 bits per heavy atom. The molecular formula is C8H11NO3. The number of aryl methyl sites for hydroxylation is 1. The van der Waals surface area contributed by atoms with Crippen molar-refractivity contribution in [2.45, 2.75) is 13.5 Å². The molecule has 1 aromatic heterocycles. The normalized spacial score (nSPS) is 9.50. The molecule has 0 saturated heterocycles. The number of carbonyl (C=O) groups excluding carboxylic acids is 1. The lowest BCUT2D eigenvalue weighted by atomic mass is 10.4. The molecule has 0 aliphatic carbocycles. The third kappa shape index (κ3) is 2.30. The number of hydrogen-bond acceptors (Lipinski definition) is 3. The van der Waals surface area contributed by atoms with Crippen LogP contribution >= 0.6 is 0 Å². The number of carbonyl (C=O) groups is 1. The van der Waals surface area contributed by atoms with E-state index in [0.29, 0.717) is 6.54 Å². The van der Waals surface area contributed by atoms with E-state index in [1.165, 1.54) is 7.11 Å². The fourth-order valence-corrected chi connectivity index (χ4v) is 0.812. The van der Waals surface area contributed by atoms with E-state index in [9.17, 15) is 4.79 Å². The lowest BCUT2D eigenvalue weighted by Crippen LogP contribution is -2.21. The minimum absolute atomic E-state index is 0.362. The topological polar surface area (TPSA) is 51.5 Å². The Morgan fingerprint density at radius 3 is 2.92 bits per heavy atom. The van der Waals surface area contributed by atoms with Gasteiger partial charge in [0.2, 0.25) is 0 Å². The van der Waals surface area contributed by atoms with E-state index in [1.807, 2.05) is 19.1 Å². The van der Waals surface area contributed by atoms with E-state index >= 15 is 0 Å². The number of alkyl carbamates (subject to hydrolysis) is 1. The second kappa shape index (κ2) is 3.80. The van der Waals surface area contributed by atoms with Crippen LogP contribution in [0.5, 0.6) is 0 Å². The summed E-state index contributed by atoms with van der Waals surface area (Å²) >= 11 is 0. The zero-order valence-electron chi connectivity index (χ0n) is 7.09. The Kier molecular flexibility index (Phi) is 2.74. The summed E-state index contributed by atoms with van der Waals surface area (Å²) in [5, 5.41) is 2.51. The average molecular weight is 169 g/mol. The third-order valence-electron chi connectivity index (χ3n) is 1.39. The fourth-order valence-electron chi connectivity index (χ4n) is 0.812. The lowest BCUT2D eigenvalue weighted by molar-refractivity contribution is 0.169. The minimum atomic E-state index is -0.455. The summed E-state index contributed by atoms with van der Waals surface area (Å²) in [4.78, 5) is 10.6. The van der Waals surface area contributed by atoms with Gasteiger partial charge in [0.05, 0.1) is 13.7 Å². The van der Waals surface area contributed by atoms with E-state index in [1.54, 1.807) is 0 Å². The number of hydrogen-bond donors (Lipinski definition) is 1. The molecule has 0 aromatic carbocycles. The predicted molar refractivity (Wildman–Crippen MR) is 42.7 cm³/mol. The highest BCUT2D eigenvalue weighted by Crippen LogP contribution is 2.05. The van der Waals surface area contributed by atoms with Crippen molar-refractivity contribution in [2.24, 2.45) is 0 Å². The van der Waals surface area contributed by atoms with Gasteiger partial charge in [0.25, 0.3) is 0 Å². The Labute approximate surface area is 70.5 Å². The van der Waals surface area contributed by atoms with Crippen molar-refractivity contribution in [3.63, 3.8) is 0 Å². The van der Waals surface area contributed by atoms with Crippen LogP contribution < -0.4 is 5.32 Å². The van der Waals surface area contributed by atoms with Crippen molar-refractivity contribution in [1.82, 2.24) is 5.32 Å². The number of methoxy groups -OCH3 is 1. The molecule has 4 heteroatoms. The summed E-state index contributed by atoms with van der Waals surface area (Å²) in [6.07, 6.45) is -0.455. The summed E-state index contributed by atoms with van der Waals surface area (Å²) in [6.45, 7) is 2.21. The summed E-state index contributed by atoms with van der Waals surface area (Å²) in [7, 11) is 1.32. The molecule has 1 heterocycles. The summed E-state index contributed by atoms with van der Waals surface area (Å²) in [5.41, 5.74) is 0. The number of amides is 1. The van der Waals surface area contributed by atoms with Crippen molar-refractivity contribution < 1.29 is 13.9 Å². The largest absolute Gasteiger partial charge is 0.465 e. The van der Waals surface area contributed by atoms with Crippen LogP contribution in [0.1, 0.15) is 11.5 Å². The molecule has 1 amide bonds. The first-order valence-corrected chi connectivity index (χ1v) is 3.59. The first kappa shape index (κ1) is 8.64. The highest BCUT2D eigenvalue weighted by atomic mass is 16.5. The molecule has 0 unspecified atom stereocenters.